The molecule has 0 radical (unpaired) electrons. The number of rotatable bonds is 9. The SMILES string of the molecule is CCCCCCNC(=O)Cn1nc(C2CC2)cc1C(F)F. The van der Waals surface area contributed by atoms with Crippen molar-refractivity contribution in [1.29, 1.82) is 0 Å². The average molecular weight is 299 g/mol. The van der Waals surface area contributed by atoms with Gasteiger partial charge in [0.2, 0.25) is 5.91 Å². The van der Waals surface area contributed by atoms with Gasteiger partial charge in [0.1, 0.15) is 12.2 Å². The molecule has 1 aromatic rings. The van der Waals surface area contributed by atoms with Crippen LogP contribution in [0, 0.1) is 0 Å². The zero-order valence-electron chi connectivity index (χ0n) is 12.4. The molecule has 1 fully saturated rings. The fraction of sp³-hybridized carbons (Fsp3) is 0.733. The van der Waals surface area contributed by atoms with Gasteiger partial charge >= 0.3 is 0 Å². The van der Waals surface area contributed by atoms with Gasteiger partial charge in [-0.1, -0.05) is 26.2 Å². The van der Waals surface area contributed by atoms with E-state index in [0.29, 0.717) is 18.2 Å². The van der Waals surface area contributed by atoms with E-state index in [9.17, 15) is 13.6 Å². The highest BCUT2D eigenvalue weighted by molar-refractivity contribution is 5.75. The van der Waals surface area contributed by atoms with Crippen molar-refractivity contribution in [3.63, 3.8) is 0 Å². The Morgan fingerprint density at radius 1 is 1.43 bits per heavy atom. The number of hydrogen-bond acceptors (Lipinski definition) is 2. The van der Waals surface area contributed by atoms with Crippen LogP contribution in [0.1, 0.15) is 69.2 Å². The Hall–Kier alpha value is -1.46. The lowest BCUT2D eigenvalue weighted by atomic mass is 10.2. The quantitative estimate of drug-likeness (QED) is 0.710. The molecule has 1 aromatic heterocycles. The van der Waals surface area contributed by atoms with E-state index in [-0.39, 0.29) is 18.1 Å². The molecule has 6 heteroatoms. The summed E-state index contributed by atoms with van der Waals surface area (Å²) < 4.78 is 27.1. The van der Waals surface area contributed by atoms with Gasteiger partial charge in [0.25, 0.3) is 6.43 Å². The monoisotopic (exact) mass is 299 g/mol. The summed E-state index contributed by atoms with van der Waals surface area (Å²) in [6, 6.07) is 1.44. The largest absolute Gasteiger partial charge is 0.354 e. The van der Waals surface area contributed by atoms with Crippen LogP contribution in [-0.2, 0) is 11.3 Å². The van der Waals surface area contributed by atoms with E-state index >= 15 is 0 Å². The number of aromatic nitrogens is 2. The van der Waals surface area contributed by atoms with Gasteiger partial charge in [-0.2, -0.15) is 5.10 Å². The van der Waals surface area contributed by atoms with Gasteiger partial charge in [-0.25, -0.2) is 8.78 Å². The minimum absolute atomic E-state index is 0.125. The molecule has 4 nitrogen and oxygen atoms in total. The van der Waals surface area contributed by atoms with Gasteiger partial charge < -0.3 is 5.32 Å². The molecule has 0 bridgehead atoms. The summed E-state index contributed by atoms with van der Waals surface area (Å²) >= 11 is 0. The Balaban J connectivity index is 1.84. The predicted octanol–water partition coefficient (Wildman–Crippen LogP) is 3.39. The van der Waals surface area contributed by atoms with Crippen LogP contribution >= 0.6 is 0 Å². The third-order valence-corrected chi connectivity index (χ3v) is 3.70. The third kappa shape index (κ3) is 4.79. The van der Waals surface area contributed by atoms with Gasteiger partial charge in [-0.3, -0.25) is 9.48 Å². The summed E-state index contributed by atoms with van der Waals surface area (Å²) in [6.07, 6.45) is 3.70. The van der Waals surface area contributed by atoms with Crippen molar-refractivity contribution in [1.82, 2.24) is 15.1 Å². The van der Waals surface area contributed by atoms with E-state index in [0.717, 1.165) is 43.2 Å². The fourth-order valence-corrected chi connectivity index (χ4v) is 2.30. The highest BCUT2D eigenvalue weighted by Gasteiger charge is 2.29. The van der Waals surface area contributed by atoms with E-state index in [1.807, 2.05) is 0 Å². The molecule has 0 atom stereocenters. The fourth-order valence-electron chi connectivity index (χ4n) is 2.30. The number of nitrogens with zero attached hydrogens (tertiary/aromatic N) is 2. The van der Waals surface area contributed by atoms with E-state index in [4.69, 9.17) is 0 Å². The second-order valence-electron chi connectivity index (χ2n) is 5.64. The minimum atomic E-state index is -2.60. The molecule has 0 aliphatic heterocycles. The molecule has 1 aliphatic rings. The standard InChI is InChI=1S/C15H23F2N3O/c1-2-3-4-5-8-18-14(21)10-20-13(15(16)17)9-12(19-20)11-6-7-11/h9,11,15H,2-8,10H2,1H3,(H,18,21). The summed E-state index contributed by atoms with van der Waals surface area (Å²) in [7, 11) is 0. The lowest BCUT2D eigenvalue weighted by Crippen LogP contribution is -2.29. The van der Waals surface area contributed by atoms with Crippen molar-refractivity contribution in [2.24, 2.45) is 0 Å². The zero-order valence-corrected chi connectivity index (χ0v) is 12.4. The minimum Gasteiger partial charge on any atom is -0.354 e. The predicted molar refractivity (Wildman–Crippen MR) is 76.3 cm³/mol. The molecule has 0 spiro atoms. The van der Waals surface area contributed by atoms with Gasteiger partial charge in [-0.05, 0) is 25.3 Å². The average Bonchev–Trinajstić information content (AvgIpc) is 3.20. The van der Waals surface area contributed by atoms with Crippen LogP contribution in [0.2, 0.25) is 0 Å². The summed E-state index contributed by atoms with van der Waals surface area (Å²) in [5, 5.41) is 6.93. The second-order valence-corrected chi connectivity index (χ2v) is 5.64. The molecule has 0 unspecified atom stereocenters. The van der Waals surface area contributed by atoms with Crippen LogP contribution < -0.4 is 5.32 Å². The lowest BCUT2D eigenvalue weighted by Gasteiger charge is -2.08. The first kappa shape index (κ1) is 15.9. The van der Waals surface area contributed by atoms with Crippen molar-refractivity contribution in [3.05, 3.63) is 17.5 Å². The number of carbonyl (C=O) groups is 1. The van der Waals surface area contributed by atoms with E-state index in [1.54, 1.807) is 0 Å². The molecular formula is C15H23F2N3O. The summed E-state index contributed by atoms with van der Waals surface area (Å²) in [5.74, 6) is 0.0553. The number of unbranched alkanes of at least 4 members (excludes halogenated alkanes) is 3. The van der Waals surface area contributed by atoms with Crippen molar-refractivity contribution >= 4 is 5.91 Å². The number of alkyl halides is 2. The highest BCUT2D eigenvalue weighted by atomic mass is 19.3. The Morgan fingerprint density at radius 2 is 2.19 bits per heavy atom. The molecule has 1 aliphatic carbocycles. The number of carbonyl (C=O) groups excluding carboxylic acids is 1. The maximum atomic E-state index is 13.0. The number of nitrogens with one attached hydrogen (secondary N) is 1. The van der Waals surface area contributed by atoms with E-state index < -0.39 is 6.43 Å². The van der Waals surface area contributed by atoms with Crippen LogP contribution in [0.15, 0.2) is 6.07 Å². The van der Waals surface area contributed by atoms with Crippen molar-refractivity contribution in [2.75, 3.05) is 6.54 Å². The molecule has 118 valence electrons. The first-order chi connectivity index (χ1) is 10.1. The van der Waals surface area contributed by atoms with Gasteiger partial charge in [0, 0.05) is 12.5 Å². The number of halogens is 2. The molecular weight excluding hydrogens is 276 g/mol. The molecule has 1 N–H and O–H groups in total. The van der Waals surface area contributed by atoms with E-state index in [2.05, 4.69) is 17.3 Å². The van der Waals surface area contributed by atoms with Gasteiger partial charge in [0.15, 0.2) is 0 Å². The molecule has 0 aromatic carbocycles. The maximum absolute atomic E-state index is 13.0. The topological polar surface area (TPSA) is 46.9 Å². The second kappa shape index (κ2) is 7.52. The Kier molecular flexibility index (Phi) is 5.70. The molecule has 2 rings (SSSR count). The molecule has 1 saturated carbocycles. The summed E-state index contributed by atoms with van der Waals surface area (Å²) in [4.78, 5) is 11.8. The maximum Gasteiger partial charge on any atom is 0.280 e. The van der Waals surface area contributed by atoms with Crippen LogP contribution in [-0.4, -0.2) is 22.2 Å². The normalized spacial score (nSPS) is 14.7. The summed E-state index contributed by atoms with van der Waals surface area (Å²) in [6.45, 7) is 2.60. The third-order valence-electron chi connectivity index (χ3n) is 3.70. The van der Waals surface area contributed by atoms with Crippen molar-refractivity contribution in [3.8, 4) is 0 Å². The smallest absolute Gasteiger partial charge is 0.280 e. The highest BCUT2D eigenvalue weighted by Crippen LogP contribution is 2.40. The van der Waals surface area contributed by atoms with Crippen LogP contribution in [0.3, 0.4) is 0 Å². The Labute approximate surface area is 123 Å². The molecule has 0 saturated heterocycles. The van der Waals surface area contributed by atoms with Crippen molar-refractivity contribution < 1.29 is 13.6 Å². The van der Waals surface area contributed by atoms with Crippen molar-refractivity contribution in [2.45, 2.75) is 64.3 Å². The first-order valence-electron chi connectivity index (χ1n) is 7.74. The van der Waals surface area contributed by atoms with Crippen LogP contribution in [0.4, 0.5) is 8.78 Å². The number of hydrogen-bond donors (Lipinski definition) is 1. The Bertz CT molecular complexity index is 469. The molecule has 1 heterocycles. The molecule has 21 heavy (non-hydrogen) atoms. The van der Waals surface area contributed by atoms with Crippen LogP contribution in [0.5, 0.6) is 0 Å². The first-order valence-corrected chi connectivity index (χ1v) is 7.74. The Morgan fingerprint density at radius 3 is 2.81 bits per heavy atom. The van der Waals surface area contributed by atoms with E-state index in [1.165, 1.54) is 6.07 Å². The number of amides is 1. The van der Waals surface area contributed by atoms with Gasteiger partial charge in [-0.15, -0.1) is 0 Å². The summed E-state index contributed by atoms with van der Waals surface area (Å²) in [5.41, 5.74) is 0.541. The zero-order chi connectivity index (χ0) is 15.2. The van der Waals surface area contributed by atoms with Crippen LogP contribution in [0.25, 0.3) is 0 Å². The molecule has 1 amide bonds. The lowest BCUT2D eigenvalue weighted by molar-refractivity contribution is -0.121. The van der Waals surface area contributed by atoms with Gasteiger partial charge in [0.05, 0.1) is 5.69 Å².